The van der Waals surface area contributed by atoms with Crippen molar-refractivity contribution in [3.05, 3.63) is 65.8 Å². The van der Waals surface area contributed by atoms with Crippen LogP contribution in [0.4, 0.5) is 11.5 Å². The molecule has 0 spiro atoms. The maximum atomic E-state index is 13.1. The summed E-state index contributed by atoms with van der Waals surface area (Å²) in [6.07, 6.45) is 0.365. The fourth-order valence-electron chi connectivity index (χ4n) is 3.57. The molecule has 0 bridgehead atoms. The van der Waals surface area contributed by atoms with Gasteiger partial charge in [-0.3, -0.25) is 33.8 Å². The molecule has 2 heterocycles. The van der Waals surface area contributed by atoms with Gasteiger partial charge in [0.2, 0.25) is 5.91 Å². The number of nitrogens with two attached hydrogens (primary N) is 1. The van der Waals surface area contributed by atoms with Gasteiger partial charge in [-0.05, 0) is 18.6 Å². The Kier molecular flexibility index (Phi) is 7.28. The minimum absolute atomic E-state index is 0.00389. The molecule has 12 nitrogen and oxygen atoms in total. The highest BCUT2D eigenvalue weighted by molar-refractivity contribution is 5.95. The zero-order valence-electron chi connectivity index (χ0n) is 18.4. The summed E-state index contributed by atoms with van der Waals surface area (Å²) in [5.41, 5.74) is 3.57. The number of anilines is 2. The molecule has 1 aromatic carbocycles. The van der Waals surface area contributed by atoms with E-state index in [1.165, 1.54) is 23.8 Å². The molecule has 33 heavy (non-hydrogen) atoms. The number of aromatic amines is 2. The number of nitrogen functional groups attached to an aromatic ring is 1. The van der Waals surface area contributed by atoms with Crippen molar-refractivity contribution in [2.45, 2.75) is 32.9 Å². The summed E-state index contributed by atoms with van der Waals surface area (Å²) in [6.45, 7) is 2.06. The van der Waals surface area contributed by atoms with Gasteiger partial charge in [-0.2, -0.15) is 0 Å². The van der Waals surface area contributed by atoms with E-state index in [4.69, 9.17) is 10.5 Å². The van der Waals surface area contributed by atoms with Crippen molar-refractivity contribution in [3.63, 3.8) is 0 Å². The van der Waals surface area contributed by atoms with Crippen LogP contribution in [0.25, 0.3) is 10.8 Å². The lowest BCUT2D eigenvalue weighted by molar-refractivity contribution is -0.119. The Morgan fingerprint density at radius 2 is 1.79 bits per heavy atom. The molecule has 0 atom stereocenters. The van der Waals surface area contributed by atoms with Crippen LogP contribution in [0.5, 0.6) is 0 Å². The Balaban J connectivity index is 1.96. The van der Waals surface area contributed by atoms with Gasteiger partial charge in [-0.15, -0.1) is 0 Å². The molecule has 12 heteroatoms. The van der Waals surface area contributed by atoms with Gasteiger partial charge < -0.3 is 15.4 Å². The Morgan fingerprint density at radius 1 is 1.09 bits per heavy atom. The predicted molar refractivity (Wildman–Crippen MR) is 124 cm³/mol. The Bertz CT molecular complexity index is 1400. The van der Waals surface area contributed by atoms with Crippen LogP contribution in [0.15, 0.2) is 43.4 Å². The summed E-state index contributed by atoms with van der Waals surface area (Å²) in [6, 6.07) is 6.37. The van der Waals surface area contributed by atoms with Crippen molar-refractivity contribution in [1.29, 1.82) is 0 Å². The van der Waals surface area contributed by atoms with E-state index in [1.54, 1.807) is 12.1 Å². The summed E-state index contributed by atoms with van der Waals surface area (Å²) in [5, 5.41) is 2.95. The van der Waals surface area contributed by atoms with Crippen LogP contribution in [0.2, 0.25) is 0 Å². The zero-order chi connectivity index (χ0) is 24.1. The molecule has 0 aliphatic rings. The molecule has 0 aliphatic carbocycles. The molecule has 0 radical (unpaired) electrons. The number of carbonyl (C=O) groups is 1. The Labute approximate surface area is 187 Å². The maximum Gasteiger partial charge on any atom is 0.330 e. The Hall–Kier alpha value is -3.93. The van der Waals surface area contributed by atoms with E-state index >= 15 is 0 Å². The molecule has 0 aliphatic heterocycles. The fourth-order valence-corrected chi connectivity index (χ4v) is 3.57. The number of aromatic nitrogens is 4. The molecule has 1 amide bonds. The Morgan fingerprint density at radius 3 is 2.45 bits per heavy atom. The molecule has 3 rings (SSSR count). The van der Waals surface area contributed by atoms with Crippen molar-refractivity contribution in [1.82, 2.24) is 19.3 Å². The van der Waals surface area contributed by atoms with Crippen LogP contribution in [0, 0.1) is 0 Å². The summed E-state index contributed by atoms with van der Waals surface area (Å²) < 4.78 is 7.30. The van der Waals surface area contributed by atoms with Gasteiger partial charge in [-0.25, -0.2) is 9.48 Å². The lowest BCUT2D eigenvalue weighted by atomic mass is 10.2. The van der Waals surface area contributed by atoms with E-state index in [1.807, 2.05) is 6.92 Å². The molecule has 2 aromatic heterocycles. The highest BCUT2D eigenvalue weighted by Gasteiger charge is 2.24. The third-order valence-corrected chi connectivity index (χ3v) is 5.18. The molecule has 0 saturated heterocycles. The molecule has 3 aromatic rings. The smallest absolute Gasteiger partial charge is 0.330 e. The molecule has 0 saturated carbocycles. The number of benzene rings is 1. The summed E-state index contributed by atoms with van der Waals surface area (Å²) >= 11 is 0. The van der Waals surface area contributed by atoms with Crippen LogP contribution >= 0.6 is 0 Å². The number of ether oxygens (including phenoxy) is 1. The van der Waals surface area contributed by atoms with Crippen molar-refractivity contribution in [2.24, 2.45) is 0 Å². The number of fused-ring (bicyclic) bond motifs is 1. The third kappa shape index (κ3) is 4.80. The standard InChI is InChI=1S/C21H26N6O6/c1-3-9-26-17(22)16(19(30)23-21(26)32)25(11-12-33-2)15(28)8-10-27-20(31)14-7-5-4-6-13(14)18(29)24-27/h4-7H,3,8-12,22H2,1-2H3,(H,24,29)(H,23,30,32). The fraction of sp³-hybridized carbons (Fsp3) is 0.381. The van der Waals surface area contributed by atoms with Gasteiger partial charge in [-0.1, -0.05) is 19.1 Å². The van der Waals surface area contributed by atoms with E-state index in [2.05, 4.69) is 10.1 Å². The van der Waals surface area contributed by atoms with E-state index in [0.717, 1.165) is 9.58 Å². The van der Waals surface area contributed by atoms with Gasteiger partial charge in [0.25, 0.3) is 16.7 Å². The lowest BCUT2D eigenvalue weighted by Crippen LogP contribution is -2.43. The molecule has 0 unspecified atom stereocenters. The van der Waals surface area contributed by atoms with Crippen LogP contribution in [0.1, 0.15) is 19.8 Å². The lowest BCUT2D eigenvalue weighted by Gasteiger charge is -2.24. The number of rotatable bonds is 9. The quantitative estimate of drug-likeness (QED) is 0.392. The summed E-state index contributed by atoms with van der Waals surface area (Å²) in [7, 11) is 1.44. The minimum Gasteiger partial charge on any atom is -0.383 e. The van der Waals surface area contributed by atoms with E-state index in [0.29, 0.717) is 6.42 Å². The predicted octanol–water partition coefficient (Wildman–Crippen LogP) is -0.398. The second-order valence-corrected chi connectivity index (χ2v) is 7.38. The van der Waals surface area contributed by atoms with E-state index in [9.17, 15) is 24.0 Å². The average molecular weight is 458 g/mol. The highest BCUT2D eigenvalue weighted by Crippen LogP contribution is 2.18. The highest BCUT2D eigenvalue weighted by atomic mass is 16.5. The number of amides is 1. The number of H-pyrrole nitrogens is 2. The maximum absolute atomic E-state index is 13.1. The average Bonchev–Trinajstić information content (AvgIpc) is 2.80. The van der Waals surface area contributed by atoms with Crippen LogP contribution < -0.4 is 33.0 Å². The number of hydrogen-bond acceptors (Lipinski definition) is 7. The number of nitrogens with one attached hydrogen (secondary N) is 2. The van der Waals surface area contributed by atoms with E-state index < -0.39 is 28.3 Å². The third-order valence-electron chi connectivity index (χ3n) is 5.18. The molecular formula is C21H26N6O6. The van der Waals surface area contributed by atoms with Crippen LogP contribution in [0.3, 0.4) is 0 Å². The van der Waals surface area contributed by atoms with Crippen LogP contribution in [-0.4, -0.2) is 45.5 Å². The van der Waals surface area contributed by atoms with Crippen molar-refractivity contribution < 1.29 is 9.53 Å². The molecule has 176 valence electrons. The van der Waals surface area contributed by atoms with Gasteiger partial charge in [0.1, 0.15) is 5.82 Å². The van der Waals surface area contributed by atoms with E-state index in [-0.39, 0.29) is 54.9 Å². The van der Waals surface area contributed by atoms with Gasteiger partial charge in [0, 0.05) is 26.6 Å². The van der Waals surface area contributed by atoms with Crippen LogP contribution in [-0.2, 0) is 22.6 Å². The minimum atomic E-state index is -0.800. The number of methoxy groups -OCH3 is 1. The number of aryl methyl sites for hydroxylation is 1. The monoisotopic (exact) mass is 458 g/mol. The number of nitrogens with zero attached hydrogens (tertiary/aromatic N) is 3. The second-order valence-electron chi connectivity index (χ2n) is 7.38. The number of carbonyl (C=O) groups excluding carboxylic acids is 1. The van der Waals surface area contributed by atoms with Gasteiger partial charge in [0.15, 0.2) is 5.69 Å². The first kappa shape index (κ1) is 23.7. The molecule has 0 fully saturated rings. The van der Waals surface area contributed by atoms with Gasteiger partial charge >= 0.3 is 5.69 Å². The summed E-state index contributed by atoms with van der Waals surface area (Å²) in [5.74, 6) is -0.668. The second kappa shape index (κ2) is 10.1. The largest absolute Gasteiger partial charge is 0.383 e. The van der Waals surface area contributed by atoms with Gasteiger partial charge in [0.05, 0.1) is 23.9 Å². The summed E-state index contributed by atoms with van der Waals surface area (Å²) in [4.78, 5) is 66.1. The molecular weight excluding hydrogens is 432 g/mol. The number of hydrogen-bond donors (Lipinski definition) is 3. The first-order valence-corrected chi connectivity index (χ1v) is 10.4. The first-order chi connectivity index (χ1) is 15.8. The van der Waals surface area contributed by atoms with Crippen molar-refractivity contribution in [2.75, 3.05) is 30.9 Å². The first-order valence-electron chi connectivity index (χ1n) is 10.4. The normalized spacial score (nSPS) is 11.1. The topological polar surface area (TPSA) is 165 Å². The zero-order valence-corrected chi connectivity index (χ0v) is 18.4. The molecule has 4 N–H and O–H groups in total. The van der Waals surface area contributed by atoms with Crippen molar-refractivity contribution >= 4 is 28.2 Å². The SMILES string of the molecule is CCCn1c(N)c(N(CCOC)C(=O)CCn2[nH]c(=O)c3ccccc3c2=O)c(=O)[nH]c1=O. The van der Waals surface area contributed by atoms with Crippen molar-refractivity contribution in [3.8, 4) is 0 Å².